The number of halogens is 3. The lowest BCUT2D eigenvalue weighted by atomic mass is 10.1. The first-order valence-corrected chi connectivity index (χ1v) is 8.37. The molecule has 124 valence electrons. The summed E-state index contributed by atoms with van der Waals surface area (Å²) in [6.45, 7) is 1.39. The molecular weight excluding hydrogens is 348 g/mol. The quantitative estimate of drug-likeness (QED) is 0.566. The van der Waals surface area contributed by atoms with Crippen molar-refractivity contribution in [2.45, 2.75) is 13.0 Å². The molecule has 2 aromatic carbocycles. The van der Waals surface area contributed by atoms with E-state index in [9.17, 15) is 4.39 Å². The van der Waals surface area contributed by atoms with Crippen LogP contribution in [0.4, 0.5) is 4.39 Å². The van der Waals surface area contributed by atoms with Crippen LogP contribution in [0.5, 0.6) is 0 Å². The van der Waals surface area contributed by atoms with Crippen molar-refractivity contribution in [3.05, 3.63) is 81.8 Å². The van der Waals surface area contributed by atoms with Gasteiger partial charge in [0.25, 0.3) is 0 Å². The fourth-order valence-electron chi connectivity index (χ4n) is 2.40. The highest BCUT2D eigenvalue weighted by Crippen LogP contribution is 2.23. The van der Waals surface area contributed by atoms with Crippen molar-refractivity contribution < 1.29 is 8.81 Å². The summed E-state index contributed by atoms with van der Waals surface area (Å²) in [5.41, 5.74) is 1.91. The largest absolute Gasteiger partial charge is 0.460 e. The van der Waals surface area contributed by atoms with E-state index in [1.165, 1.54) is 12.1 Å². The van der Waals surface area contributed by atoms with Gasteiger partial charge < -0.3 is 9.73 Å². The number of hydrogen-bond acceptors (Lipinski definition) is 2. The molecule has 3 rings (SSSR count). The highest BCUT2D eigenvalue weighted by Gasteiger charge is 2.05. The minimum atomic E-state index is -0.256. The van der Waals surface area contributed by atoms with Crippen LogP contribution in [0.15, 0.2) is 59.0 Å². The molecular formula is C19H16Cl2FNO. The maximum absolute atomic E-state index is 12.9. The summed E-state index contributed by atoms with van der Waals surface area (Å²) in [6, 6.07) is 15.6. The lowest BCUT2D eigenvalue weighted by Crippen LogP contribution is -2.16. The van der Waals surface area contributed by atoms with Crippen LogP contribution in [-0.4, -0.2) is 6.54 Å². The molecule has 2 nitrogen and oxygen atoms in total. The number of benzene rings is 2. The predicted octanol–water partition coefficient (Wildman–Crippen LogP) is 5.72. The Balaban J connectivity index is 1.51. The molecule has 0 saturated carbocycles. The first kappa shape index (κ1) is 17.0. The standard InChI is InChI=1S/C19H16Cl2FNO/c20-15-4-1-13(18(21)11-15)9-10-23-12-17-7-8-19(24-17)14-2-5-16(22)6-3-14/h1-8,11,23H,9-10,12H2. The zero-order valence-electron chi connectivity index (χ0n) is 12.9. The van der Waals surface area contributed by atoms with E-state index >= 15 is 0 Å². The lowest BCUT2D eigenvalue weighted by molar-refractivity contribution is 0.494. The first-order valence-electron chi connectivity index (χ1n) is 7.61. The van der Waals surface area contributed by atoms with Gasteiger partial charge in [0.05, 0.1) is 6.54 Å². The Bertz CT molecular complexity index is 814. The topological polar surface area (TPSA) is 25.2 Å². The molecule has 24 heavy (non-hydrogen) atoms. The molecule has 1 aromatic heterocycles. The van der Waals surface area contributed by atoms with Crippen molar-refractivity contribution in [1.29, 1.82) is 0 Å². The van der Waals surface area contributed by atoms with Crippen molar-refractivity contribution in [3.8, 4) is 11.3 Å². The van der Waals surface area contributed by atoms with Crippen LogP contribution in [0, 0.1) is 5.82 Å². The molecule has 0 aliphatic heterocycles. The summed E-state index contributed by atoms with van der Waals surface area (Å²) in [5.74, 6) is 1.30. The number of rotatable bonds is 6. The van der Waals surface area contributed by atoms with E-state index in [-0.39, 0.29) is 5.82 Å². The third-order valence-corrected chi connectivity index (χ3v) is 4.26. The van der Waals surface area contributed by atoms with Gasteiger partial charge in [-0.25, -0.2) is 4.39 Å². The molecule has 0 spiro atoms. The Morgan fingerprint density at radius 2 is 1.75 bits per heavy atom. The van der Waals surface area contributed by atoms with Crippen LogP contribution in [0.1, 0.15) is 11.3 Å². The molecule has 0 radical (unpaired) electrons. The van der Waals surface area contributed by atoms with Gasteiger partial charge in [0.15, 0.2) is 0 Å². The van der Waals surface area contributed by atoms with Gasteiger partial charge in [-0.1, -0.05) is 29.3 Å². The van der Waals surface area contributed by atoms with Crippen LogP contribution >= 0.6 is 23.2 Å². The second-order valence-corrected chi connectivity index (χ2v) is 6.28. The van der Waals surface area contributed by atoms with E-state index in [1.54, 1.807) is 18.2 Å². The number of furan rings is 1. The third-order valence-electron chi connectivity index (χ3n) is 3.68. The van der Waals surface area contributed by atoms with E-state index in [2.05, 4.69) is 5.32 Å². The molecule has 0 aliphatic rings. The van der Waals surface area contributed by atoms with Gasteiger partial charge in [0.2, 0.25) is 0 Å². The van der Waals surface area contributed by atoms with Crippen molar-refractivity contribution in [2.75, 3.05) is 6.54 Å². The smallest absolute Gasteiger partial charge is 0.134 e. The maximum atomic E-state index is 12.9. The number of nitrogens with one attached hydrogen (secondary N) is 1. The van der Waals surface area contributed by atoms with E-state index in [4.69, 9.17) is 27.6 Å². The van der Waals surface area contributed by atoms with Crippen molar-refractivity contribution in [3.63, 3.8) is 0 Å². The van der Waals surface area contributed by atoms with Gasteiger partial charge in [-0.05, 0) is 67.1 Å². The summed E-state index contributed by atoms with van der Waals surface area (Å²) in [7, 11) is 0. The van der Waals surface area contributed by atoms with Gasteiger partial charge in [-0.2, -0.15) is 0 Å². The second kappa shape index (κ2) is 7.84. The Kier molecular flexibility index (Phi) is 5.56. The van der Waals surface area contributed by atoms with E-state index in [0.717, 1.165) is 35.6 Å². The molecule has 5 heteroatoms. The fourth-order valence-corrected chi connectivity index (χ4v) is 2.90. The van der Waals surface area contributed by atoms with Gasteiger partial charge in [-0.3, -0.25) is 0 Å². The fraction of sp³-hybridized carbons (Fsp3) is 0.158. The van der Waals surface area contributed by atoms with Gasteiger partial charge in [0.1, 0.15) is 17.3 Å². The minimum Gasteiger partial charge on any atom is -0.460 e. The van der Waals surface area contributed by atoms with Crippen molar-refractivity contribution in [2.24, 2.45) is 0 Å². The predicted molar refractivity (Wildman–Crippen MR) is 96.0 cm³/mol. The average Bonchev–Trinajstić information content (AvgIpc) is 3.03. The summed E-state index contributed by atoms with van der Waals surface area (Å²) in [4.78, 5) is 0. The van der Waals surface area contributed by atoms with Crippen LogP contribution in [0.25, 0.3) is 11.3 Å². The zero-order chi connectivity index (χ0) is 16.9. The Hall–Kier alpha value is -1.81. The van der Waals surface area contributed by atoms with Gasteiger partial charge in [0, 0.05) is 15.6 Å². The summed E-state index contributed by atoms with van der Waals surface area (Å²) < 4.78 is 18.7. The molecule has 0 amide bonds. The minimum absolute atomic E-state index is 0.256. The van der Waals surface area contributed by atoms with Crippen molar-refractivity contribution in [1.82, 2.24) is 5.32 Å². The van der Waals surface area contributed by atoms with Gasteiger partial charge >= 0.3 is 0 Å². The second-order valence-electron chi connectivity index (χ2n) is 5.44. The lowest BCUT2D eigenvalue weighted by Gasteiger charge is -2.06. The monoisotopic (exact) mass is 363 g/mol. The molecule has 0 atom stereocenters. The molecule has 1 N–H and O–H groups in total. The molecule has 0 aliphatic carbocycles. The summed E-state index contributed by atoms with van der Waals surface area (Å²) in [6.07, 6.45) is 0.807. The van der Waals surface area contributed by atoms with E-state index < -0.39 is 0 Å². The van der Waals surface area contributed by atoms with Gasteiger partial charge in [-0.15, -0.1) is 0 Å². The Morgan fingerprint density at radius 1 is 0.958 bits per heavy atom. The van der Waals surface area contributed by atoms with E-state index in [0.29, 0.717) is 16.6 Å². The van der Waals surface area contributed by atoms with Crippen LogP contribution in [0.3, 0.4) is 0 Å². The molecule has 1 heterocycles. The average molecular weight is 364 g/mol. The normalized spacial score (nSPS) is 11.0. The maximum Gasteiger partial charge on any atom is 0.134 e. The van der Waals surface area contributed by atoms with Crippen LogP contribution in [-0.2, 0) is 13.0 Å². The molecule has 0 unspecified atom stereocenters. The zero-order valence-corrected chi connectivity index (χ0v) is 14.4. The molecule has 0 bridgehead atoms. The molecule has 0 fully saturated rings. The SMILES string of the molecule is Fc1ccc(-c2ccc(CNCCc3ccc(Cl)cc3Cl)o2)cc1. The van der Waals surface area contributed by atoms with Crippen LogP contribution < -0.4 is 5.32 Å². The highest BCUT2D eigenvalue weighted by atomic mass is 35.5. The van der Waals surface area contributed by atoms with E-state index in [1.807, 2.05) is 24.3 Å². The summed E-state index contributed by atoms with van der Waals surface area (Å²) in [5, 5.41) is 4.64. The third kappa shape index (κ3) is 4.38. The van der Waals surface area contributed by atoms with Crippen LogP contribution in [0.2, 0.25) is 10.0 Å². The Labute approximate surface area is 150 Å². The highest BCUT2D eigenvalue weighted by molar-refractivity contribution is 6.35. The Morgan fingerprint density at radius 3 is 2.50 bits per heavy atom. The molecule has 0 saturated heterocycles. The number of hydrogen-bond donors (Lipinski definition) is 1. The summed E-state index contributed by atoms with van der Waals surface area (Å²) >= 11 is 12.0. The van der Waals surface area contributed by atoms with Crippen molar-refractivity contribution >= 4 is 23.2 Å². The molecule has 3 aromatic rings. The first-order chi connectivity index (χ1) is 11.6.